The van der Waals surface area contributed by atoms with Gasteiger partial charge in [-0.25, -0.2) is 23.7 Å². The van der Waals surface area contributed by atoms with Gasteiger partial charge in [-0.15, -0.1) is 0 Å². The third-order valence-corrected chi connectivity index (χ3v) is 7.12. The lowest BCUT2D eigenvalue weighted by molar-refractivity contribution is 0.122. The van der Waals surface area contributed by atoms with Crippen LogP contribution in [-0.4, -0.2) is 60.8 Å². The van der Waals surface area contributed by atoms with Crippen LogP contribution >= 0.6 is 11.9 Å². The number of nitrogens with two attached hydrogens (primary N) is 1. The normalized spacial score (nSPS) is 13.6. The van der Waals surface area contributed by atoms with E-state index in [1.165, 1.54) is 25.3 Å². The number of fused-ring (bicyclic) bond motifs is 1. The summed E-state index contributed by atoms with van der Waals surface area (Å²) in [7, 11) is 1.50. The second kappa shape index (κ2) is 12.0. The van der Waals surface area contributed by atoms with Crippen molar-refractivity contribution < 1.29 is 22.6 Å². The van der Waals surface area contributed by atoms with Gasteiger partial charge in [0.25, 0.3) is 0 Å². The Kier molecular flexibility index (Phi) is 8.22. The highest BCUT2D eigenvalue weighted by Crippen LogP contribution is 2.39. The van der Waals surface area contributed by atoms with Gasteiger partial charge in [0, 0.05) is 42.1 Å². The number of pyridine rings is 1. The van der Waals surface area contributed by atoms with Gasteiger partial charge < -0.3 is 24.8 Å². The van der Waals surface area contributed by atoms with Gasteiger partial charge in [0.05, 0.1) is 38.2 Å². The summed E-state index contributed by atoms with van der Waals surface area (Å²) in [4.78, 5) is 15.4. The van der Waals surface area contributed by atoms with Crippen LogP contribution in [0.1, 0.15) is 6.42 Å². The zero-order valence-corrected chi connectivity index (χ0v) is 22.0. The van der Waals surface area contributed by atoms with E-state index < -0.39 is 18.3 Å². The van der Waals surface area contributed by atoms with Gasteiger partial charge in [0.2, 0.25) is 0 Å². The largest absolute Gasteiger partial charge is 0.494 e. The molecule has 0 spiro atoms. The van der Waals surface area contributed by atoms with Gasteiger partial charge in [0.1, 0.15) is 28.7 Å². The molecule has 3 N–H and O–H groups in total. The summed E-state index contributed by atoms with van der Waals surface area (Å²) in [6.07, 6.45) is 1.68. The summed E-state index contributed by atoms with van der Waals surface area (Å²) < 4.78 is 57.1. The van der Waals surface area contributed by atoms with Crippen molar-refractivity contribution >= 4 is 40.2 Å². The minimum Gasteiger partial charge on any atom is -0.494 e. The molecule has 1 fully saturated rings. The molecule has 2 aromatic heterocycles. The quantitative estimate of drug-likeness (QED) is 0.205. The molecular weight excluding hydrogens is 529 g/mol. The number of anilines is 3. The first-order valence-corrected chi connectivity index (χ1v) is 13.3. The molecule has 0 unspecified atom stereocenters. The molecule has 0 radical (unpaired) electrons. The Morgan fingerprint density at radius 3 is 2.69 bits per heavy atom. The van der Waals surface area contributed by atoms with Crippen LogP contribution in [0.15, 0.2) is 42.6 Å². The first-order valence-electron chi connectivity index (χ1n) is 12.4. The first-order chi connectivity index (χ1) is 19.0. The lowest BCUT2D eigenvalue weighted by Crippen LogP contribution is -2.37. The maximum absolute atomic E-state index is 15.6. The molecule has 3 heterocycles. The Hall–Kier alpha value is -3.77. The molecule has 0 aliphatic carbocycles. The standard InChI is InChI=1S/C27H27F3N6O2S/c1-37-22-13-16(17-4-2-5-21(24(17)30)35-39-11-3-6-28)12-18-25(22)33-26(19-15-32-23(31)14-20(19)29)34-27(18)36-7-9-38-10-8-36/h2,4-5,12-15,35H,3,6-11H2,1H3,(H2,31,32). The minimum absolute atomic E-state index is 0.0484. The Bertz CT molecular complexity index is 1490. The molecule has 4 aromatic rings. The van der Waals surface area contributed by atoms with Crippen LogP contribution in [0.5, 0.6) is 5.75 Å². The van der Waals surface area contributed by atoms with Gasteiger partial charge in [-0.2, -0.15) is 0 Å². The average molecular weight is 557 g/mol. The molecule has 1 aliphatic rings. The smallest absolute Gasteiger partial charge is 0.166 e. The molecule has 1 saturated heterocycles. The predicted octanol–water partition coefficient (Wildman–Crippen LogP) is 5.48. The fourth-order valence-electron chi connectivity index (χ4n) is 4.33. The van der Waals surface area contributed by atoms with Crippen LogP contribution in [-0.2, 0) is 4.74 Å². The van der Waals surface area contributed by atoms with Gasteiger partial charge in [-0.3, -0.25) is 4.39 Å². The van der Waals surface area contributed by atoms with Crippen molar-refractivity contribution in [3.05, 3.63) is 54.2 Å². The van der Waals surface area contributed by atoms with Gasteiger partial charge >= 0.3 is 0 Å². The van der Waals surface area contributed by atoms with Crippen molar-refractivity contribution in [2.45, 2.75) is 6.42 Å². The van der Waals surface area contributed by atoms with Crippen LogP contribution in [0, 0.1) is 11.6 Å². The van der Waals surface area contributed by atoms with Crippen molar-refractivity contribution in [1.29, 1.82) is 0 Å². The van der Waals surface area contributed by atoms with Crippen molar-refractivity contribution in [2.75, 3.05) is 61.2 Å². The zero-order chi connectivity index (χ0) is 27.4. The number of halogens is 3. The maximum atomic E-state index is 15.6. The number of methoxy groups -OCH3 is 1. The number of rotatable bonds is 9. The molecule has 204 valence electrons. The maximum Gasteiger partial charge on any atom is 0.166 e. The summed E-state index contributed by atoms with van der Waals surface area (Å²) >= 11 is 1.25. The lowest BCUT2D eigenvalue weighted by atomic mass is 10.0. The summed E-state index contributed by atoms with van der Waals surface area (Å²) in [5.74, 6) is 0.561. The highest BCUT2D eigenvalue weighted by molar-refractivity contribution is 8.00. The summed E-state index contributed by atoms with van der Waals surface area (Å²) in [5, 5.41) is 0.619. The minimum atomic E-state index is -0.596. The molecule has 0 saturated carbocycles. The molecule has 1 aliphatic heterocycles. The van der Waals surface area contributed by atoms with Crippen molar-refractivity contribution in [2.24, 2.45) is 0 Å². The van der Waals surface area contributed by atoms with E-state index in [-0.39, 0.29) is 17.2 Å². The predicted molar refractivity (Wildman–Crippen MR) is 149 cm³/mol. The van der Waals surface area contributed by atoms with Crippen LogP contribution in [0.3, 0.4) is 0 Å². The Morgan fingerprint density at radius 2 is 1.95 bits per heavy atom. The topological polar surface area (TPSA) is 98.4 Å². The number of hydrogen-bond donors (Lipinski definition) is 2. The number of nitrogens with one attached hydrogen (secondary N) is 1. The van der Waals surface area contributed by atoms with E-state index in [9.17, 15) is 8.78 Å². The van der Waals surface area contributed by atoms with E-state index in [0.29, 0.717) is 77.8 Å². The molecule has 2 aromatic carbocycles. The monoisotopic (exact) mass is 556 g/mol. The average Bonchev–Trinajstić information content (AvgIpc) is 2.95. The molecule has 12 heteroatoms. The fraction of sp³-hybridized carbons (Fsp3) is 0.296. The molecule has 39 heavy (non-hydrogen) atoms. The fourth-order valence-corrected chi connectivity index (χ4v) is 5.00. The summed E-state index contributed by atoms with van der Waals surface area (Å²) in [6, 6.07) is 9.67. The third-order valence-electron chi connectivity index (χ3n) is 6.26. The number of morpholine rings is 1. The van der Waals surface area contributed by atoms with E-state index in [4.69, 9.17) is 20.2 Å². The number of hydrogen-bond acceptors (Lipinski definition) is 9. The molecule has 0 bridgehead atoms. The van der Waals surface area contributed by atoms with Gasteiger partial charge in [-0.05, 0) is 30.2 Å². The number of benzene rings is 2. The second-order valence-corrected chi connectivity index (χ2v) is 9.70. The summed E-state index contributed by atoms with van der Waals surface area (Å²) in [6.45, 7) is 1.69. The van der Waals surface area contributed by atoms with E-state index in [0.717, 1.165) is 6.07 Å². The SMILES string of the molecule is COc1cc(-c2cccc(NSCCCF)c2F)cc2c(N3CCOCC3)nc(-c3cnc(N)cc3F)nc12. The highest BCUT2D eigenvalue weighted by atomic mass is 32.2. The van der Waals surface area contributed by atoms with E-state index in [1.807, 2.05) is 11.0 Å². The molecule has 0 amide bonds. The second-order valence-electron chi connectivity index (χ2n) is 8.79. The Balaban J connectivity index is 1.66. The first kappa shape index (κ1) is 26.8. The zero-order valence-electron chi connectivity index (χ0n) is 21.2. The van der Waals surface area contributed by atoms with Crippen LogP contribution in [0.2, 0.25) is 0 Å². The van der Waals surface area contributed by atoms with E-state index >= 15 is 4.39 Å². The summed E-state index contributed by atoms with van der Waals surface area (Å²) in [5.41, 5.74) is 7.38. The molecule has 0 atom stereocenters. The third kappa shape index (κ3) is 5.66. The van der Waals surface area contributed by atoms with E-state index in [1.54, 1.807) is 24.3 Å². The molecule has 5 rings (SSSR count). The van der Waals surface area contributed by atoms with Crippen LogP contribution in [0.4, 0.5) is 30.5 Å². The van der Waals surface area contributed by atoms with Crippen LogP contribution in [0.25, 0.3) is 33.4 Å². The molecular formula is C27H27F3N6O2S. The highest BCUT2D eigenvalue weighted by Gasteiger charge is 2.23. The number of ether oxygens (including phenoxy) is 2. The number of aromatic nitrogens is 3. The Labute approximate surface area is 227 Å². The number of alkyl halides is 1. The van der Waals surface area contributed by atoms with Gasteiger partial charge in [-0.1, -0.05) is 24.1 Å². The number of nitrogen functional groups attached to an aromatic ring is 1. The number of nitrogens with zero attached hydrogens (tertiary/aromatic N) is 4. The van der Waals surface area contributed by atoms with E-state index in [2.05, 4.69) is 14.7 Å². The lowest BCUT2D eigenvalue weighted by Gasteiger charge is -2.29. The van der Waals surface area contributed by atoms with Crippen molar-refractivity contribution in [1.82, 2.24) is 15.0 Å². The van der Waals surface area contributed by atoms with Gasteiger partial charge in [0.15, 0.2) is 11.6 Å². The Morgan fingerprint density at radius 1 is 1.13 bits per heavy atom. The van der Waals surface area contributed by atoms with Crippen LogP contribution < -0.4 is 20.1 Å². The molecule has 8 nitrogen and oxygen atoms in total. The van der Waals surface area contributed by atoms with Crippen molar-refractivity contribution in [3.63, 3.8) is 0 Å². The van der Waals surface area contributed by atoms with Crippen molar-refractivity contribution in [3.8, 4) is 28.3 Å².